The molecule has 2 N–H and O–H groups in total. The maximum absolute atomic E-state index is 11.7. The summed E-state index contributed by atoms with van der Waals surface area (Å²) in [6, 6.07) is 0. The quantitative estimate of drug-likeness (QED) is 0.692. The van der Waals surface area contributed by atoms with Crippen LogP contribution < -0.4 is 5.32 Å². The molecule has 0 aromatic carbocycles. The molecule has 0 heterocycles. The minimum absolute atomic E-state index is 0.113. The fraction of sp³-hybridized carbons (Fsp3) is 0.846. The predicted octanol–water partition coefficient (Wildman–Crippen LogP) is 1.75. The van der Waals surface area contributed by atoms with Crippen molar-refractivity contribution in [3.05, 3.63) is 0 Å². The minimum Gasteiger partial charge on any atom is -0.481 e. The molecular formula is C13H21NO3S. The van der Waals surface area contributed by atoms with Crippen LogP contribution in [0.5, 0.6) is 0 Å². The van der Waals surface area contributed by atoms with Crippen molar-refractivity contribution in [1.82, 2.24) is 5.32 Å². The number of amides is 1. The number of hydrogen-bond donors (Lipinski definition) is 2. The molecule has 2 aliphatic carbocycles. The van der Waals surface area contributed by atoms with E-state index in [1.165, 1.54) is 37.4 Å². The Kier molecular flexibility index (Phi) is 4.92. The van der Waals surface area contributed by atoms with Crippen molar-refractivity contribution >= 4 is 23.6 Å². The number of carbonyl (C=O) groups is 2. The molecule has 0 saturated heterocycles. The fourth-order valence-electron chi connectivity index (χ4n) is 3.36. The van der Waals surface area contributed by atoms with E-state index in [0.29, 0.717) is 24.6 Å². The smallest absolute Gasteiger partial charge is 0.313 e. The monoisotopic (exact) mass is 271 g/mol. The van der Waals surface area contributed by atoms with Crippen molar-refractivity contribution in [2.75, 3.05) is 18.1 Å². The minimum atomic E-state index is -0.798. The topological polar surface area (TPSA) is 66.4 Å². The molecule has 2 bridgehead atoms. The van der Waals surface area contributed by atoms with Crippen LogP contribution in [0.4, 0.5) is 0 Å². The number of aliphatic carboxylic acids is 1. The first-order valence-corrected chi connectivity index (χ1v) is 7.87. The van der Waals surface area contributed by atoms with Gasteiger partial charge in [-0.25, -0.2) is 0 Å². The second kappa shape index (κ2) is 6.45. The number of nitrogens with one attached hydrogen (secondary N) is 1. The van der Waals surface area contributed by atoms with Gasteiger partial charge in [0.25, 0.3) is 0 Å². The zero-order valence-electron chi connectivity index (χ0n) is 10.6. The lowest BCUT2D eigenvalue weighted by Gasteiger charge is -2.20. The van der Waals surface area contributed by atoms with Crippen LogP contribution in [0, 0.1) is 17.8 Å². The average Bonchev–Trinajstić information content (AvgIpc) is 2.90. The molecule has 18 heavy (non-hydrogen) atoms. The summed E-state index contributed by atoms with van der Waals surface area (Å²) in [4.78, 5) is 22.0. The second-order valence-electron chi connectivity index (χ2n) is 5.44. The molecule has 0 aromatic heterocycles. The highest BCUT2D eigenvalue weighted by Crippen LogP contribution is 2.49. The van der Waals surface area contributed by atoms with Gasteiger partial charge in [0.1, 0.15) is 0 Å². The van der Waals surface area contributed by atoms with Gasteiger partial charge in [-0.15, -0.1) is 11.8 Å². The Morgan fingerprint density at radius 1 is 1.28 bits per heavy atom. The lowest BCUT2D eigenvalue weighted by molar-refractivity contribution is -0.133. The van der Waals surface area contributed by atoms with Crippen molar-refractivity contribution in [1.29, 1.82) is 0 Å². The van der Waals surface area contributed by atoms with Gasteiger partial charge in [0.2, 0.25) is 5.91 Å². The summed E-state index contributed by atoms with van der Waals surface area (Å²) in [5.74, 6) is 2.42. The van der Waals surface area contributed by atoms with Gasteiger partial charge in [0.05, 0.1) is 5.75 Å². The van der Waals surface area contributed by atoms with Gasteiger partial charge in [-0.1, -0.05) is 6.42 Å². The Hall–Kier alpha value is -0.710. The molecule has 0 aromatic rings. The summed E-state index contributed by atoms with van der Waals surface area (Å²) in [6.45, 7) is 0.581. The molecule has 3 unspecified atom stereocenters. The second-order valence-corrected chi connectivity index (χ2v) is 6.54. The maximum Gasteiger partial charge on any atom is 0.313 e. The fourth-order valence-corrected chi connectivity index (χ4v) is 3.92. The standard InChI is InChI=1S/C13H21NO3S/c15-12(14-3-4-18-8-13(16)17)7-11-6-9-1-2-10(11)5-9/h9-11H,1-8H2,(H,14,15)(H,16,17). The van der Waals surface area contributed by atoms with Gasteiger partial charge in [0.15, 0.2) is 0 Å². The molecule has 3 atom stereocenters. The molecule has 0 radical (unpaired) electrons. The first-order valence-electron chi connectivity index (χ1n) is 6.71. The third-order valence-electron chi connectivity index (χ3n) is 4.13. The van der Waals surface area contributed by atoms with Gasteiger partial charge in [-0.2, -0.15) is 0 Å². The normalized spacial score (nSPS) is 29.4. The summed E-state index contributed by atoms with van der Waals surface area (Å²) < 4.78 is 0. The van der Waals surface area contributed by atoms with Crippen LogP contribution in [0.2, 0.25) is 0 Å². The largest absolute Gasteiger partial charge is 0.481 e. The van der Waals surface area contributed by atoms with E-state index < -0.39 is 5.97 Å². The highest BCUT2D eigenvalue weighted by atomic mass is 32.2. The molecule has 1 amide bonds. The highest BCUT2D eigenvalue weighted by Gasteiger charge is 2.39. The number of fused-ring (bicyclic) bond motifs is 2. The van der Waals surface area contributed by atoms with E-state index in [4.69, 9.17) is 5.11 Å². The molecule has 0 spiro atoms. The van der Waals surface area contributed by atoms with E-state index in [-0.39, 0.29) is 11.7 Å². The van der Waals surface area contributed by atoms with E-state index in [1.54, 1.807) is 0 Å². The number of rotatable bonds is 7. The van der Waals surface area contributed by atoms with E-state index in [0.717, 1.165) is 11.8 Å². The van der Waals surface area contributed by atoms with Crippen LogP contribution in [-0.2, 0) is 9.59 Å². The molecule has 5 heteroatoms. The zero-order chi connectivity index (χ0) is 13.0. The third kappa shape index (κ3) is 3.90. The van der Waals surface area contributed by atoms with Gasteiger partial charge in [-0.3, -0.25) is 9.59 Å². The number of carboxylic acid groups (broad SMARTS) is 1. The van der Waals surface area contributed by atoms with E-state index in [2.05, 4.69) is 5.32 Å². The predicted molar refractivity (Wildman–Crippen MR) is 71.5 cm³/mol. The summed E-state index contributed by atoms with van der Waals surface area (Å²) in [5.41, 5.74) is 0. The molecule has 4 nitrogen and oxygen atoms in total. The Balaban J connectivity index is 1.54. The van der Waals surface area contributed by atoms with Crippen LogP contribution in [0.15, 0.2) is 0 Å². The molecule has 2 fully saturated rings. The van der Waals surface area contributed by atoms with Gasteiger partial charge in [-0.05, 0) is 37.0 Å². The molecule has 102 valence electrons. The summed E-state index contributed by atoms with van der Waals surface area (Å²) in [6.07, 6.45) is 5.94. The van der Waals surface area contributed by atoms with Crippen molar-refractivity contribution in [3.63, 3.8) is 0 Å². The van der Waals surface area contributed by atoms with Crippen LogP contribution in [-0.4, -0.2) is 35.0 Å². The molecule has 2 aliphatic rings. The van der Waals surface area contributed by atoms with Crippen molar-refractivity contribution in [2.45, 2.75) is 32.1 Å². The van der Waals surface area contributed by atoms with E-state index >= 15 is 0 Å². The first kappa shape index (κ1) is 13.7. The maximum atomic E-state index is 11.7. The third-order valence-corrected chi connectivity index (χ3v) is 5.07. The summed E-state index contributed by atoms with van der Waals surface area (Å²) >= 11 is 1.34. The number of carboxylic acids is 1. The molecule has 2 rings (SSSR count). The van der Waals surface area contributed by atoms with Gasteiger partial charge in [0, 0.05) is 18.7 Å². The Morgan fingerprint density at radius 2 is 2.11 bits per heavy atom. The number of carbonyl (C=O) groups excluding carboxylic acids is 1. The van der Waals surface area contributed by atoms with Gasteiger partial charge >= 0.3 is 5.97 Å². The lowest BCUT2D eigenvalue weighted by Crippen LogP contribution is -2.29. The van der Waals surface area contributed by atoms with Crippen LogP contribution in [0.3, 0.4) is 0 Å². The SMILES string of the molecule is O=C(O)CSCCNC(=O)CC1CC2CCC1C2. The van der Waals surface area contributed by atoms with E-state index in [1.807, 2.05) is 0 Å². The number of hydrogen-bond acceptors (Lipinski definition) is 3. The average molecular weight is 271 g/mol. The van der Waals surface area contributed by atoms with Gasteiger partial charge < -0.3 is 10.4 Å². The van der Waals surface area contributed by atoms with Crippen molar-refractivity contribution in [2.24, 2.45) is 17.8 Å². The van der Waals surface area contributed by atoms with Crippen LogP contribution in [0.25, 0.3) is 0 Å². The summed E-state index contributed by atoms with van der Waals surface area (Å²) in [7, 11) is 0. The highest BCUT2D eigenvalue weighted by molar-refractivity contribution is 7.99. The molecule has 2 saturated carbocycles. The van der Waals surface area contributed by atoms with E-state index in [9.17, 15) is 9.59 Å². The van der Waals surface area contributed by atoms with Crippen molar-refractivity contribution < 1.29 is 14.7 Å². The Labute approximate surface area is 112 Å². The zero-order valence-corrected chi connectivity index (χ0v) is 11.4. The Bertz CT molecular complexity index is 321. The molecular weight excluding hydrogens is 250 g/mol. The van der Waals surface area contributed by atoms with Crippen LogP contribution >= 0.6 is 11.8 Å². The Morgan fingerprint density at radius 3 is 2.72 bits per heavy atom. The lowest BCUT2D eigenvalue weighted by atomic mass is 9.86. The molecule has 0 aliphatic heterocycles. The number of thioether (sulfide) groups is 1. The first-order chi connectivity index (χ1) is 8.65. The van der Waals surface area contributed by atoms with Crippen molar-refractivity contribution in [3.8, 4) is 0 Å². The van der Waals surface area contributed by atoms with Crippen LogP contribution in [0.1, 0.15) is 32.1 Å². The summed E-state index contributed by atoms with van der Waals surface area (Å²) in [5, 5.41) is 11.4.